The van der Waals surface area contributed by atoms with Gasteiger partial charge in [-0.2, -0.15) is 0 Å². The van der Waals surface area contributed by atoms with E-state index in [1.54, 1.807) is 0 Å². The molecule has 3 rings (SSSR count). The second-order valence-electron chi connectivity index (χ2n) is 6.97. The van der Waals surface area contributed by atoms with E-state index >= 15 is 0 Å². The highest BCUT2D eigenvalue weighted by molar-refractivity contribution is 5.91. The molecule has 0 saturated heterocycles. The van der Waals surface area contributed by atoms with Gasteiger partial charge in [-0.3, -0.25) is 4.79 Å². The van der Waals surface area contributed by atoms with Crippen LogP contribution in [0.15, 0.2) is 24.3 Å². The number of fused-ring (bicyclic) bond motifs is 2. The quantitative estimate of drug-likeness (QED) is 0.853. The Balaban J connectivity index is 1.57. The highest BCUT2D eigenvalue weighted by Crippen LogP contribution is 2.49. The summed E-state index contributed by atoms with van der Waals surface area (Å²) in [5, 5.41) is 3.08. The van der Waals surface area contributed by atoms with E-state index in [9.17, 15) is 4.79 Å². The summed E-state index contributed by atoms with van der Waals surface area (Å²) in [6, 6.07) is 8.24. The Morgan fingerprint density at radius 1 is 1.30 bits per heavy atom. The molecule has 1 aromatic carbocycles. The Hall–Kier alpha value is -1.31. The normalized spacial score (nSPS) is 28.1. The van der Waals surface area contributed by atoms with Gasteiger partial charge in [-0.05, 0) is 60.6 Å². The standard InChI is InChI=1S/C18H25NO/c1-12(2)14-4-3-5-17(10-14)19-18(20)11-16-9-13-6-7-15(16)8-13/h3-5,10,12-13,15-16H,6-9,11H2,1-2H3,(H,19,20)/t13-,15-,16-/m1/s1. The van der Waals surface area contributed by atoms with Gasteiger partial charge in [-0.1, -0.05) is 32.4 Å². The summed E-state index contributed by atoms with van der Waals surface area (Å²) in [7, 11) is 0. The number of amides is 1. The molecule has 2 nitrogen and oxygen atoms in total. The van der Waals surface area contributed by atoms with E-state index in [-0.39, 0.29) is 5.91 Å². The average molecular weight is 271 g/mol. The van der Waals surface area contributed by atoms with Crippen LogP contribution in [0.4, 0.5) is 5.69 Å². The van der Waals surface area contributed by atoms with Crippen LogP contribution < -0.4 is 5.32 Å². The van der Waals surface area contributed by atoms with Crippen LogP contribution in [0.25, 0.3) is 0 Å². The van der Waals surface area contributed by atoms with Gasteiger partial charge in [0.15, 0.2) is 0 Å². The van der Waals surface area contributed by atoms with Crippen LogP contribution in [-0.4, -0.2) is 5.91 Å². The molecule has 0 heterocycles. The molecule has 2 bridgehead atoms. The fourth-order valence-electron chi connectivity index (χ4n) is 4.05. The van der Waals surface area contributed by atoms with Crippen molar-refractivity contribution < 1.29 is 4.79 Å². The maximum atomic E-state index is 12.2. The van der Waals surface area contributed by atoms with E-state index in [1.165, 1.54) is 31.2 Å². The van der Waals surface area contributed by atoms with Gasteiger partial charge in [-0.25, -0.2) is 0 Å². The van der Waals surface area contributed by atoms with Crippen LogP contribution in [0.1, 0.15) is 57.4 Å². The Labute approximate surface area is 122 Å². The van der Waals surface area contributed by atoms with E-state index in [4.69, 9.17) is 0 Å². The average Bonchev–Trinajstić information content (AvgIpc) is 3.01. The molecule has 0 aromatic heterocycles. The van der Waals surface area contributed by atoms with Crippen LogP contribution in [0.3, 0.4) is 0 Å². The molecule has 0 aliphatic heterocycles. The van der Waals surface area contributed by atoms with Gasteiger partial charge in [0.1, 0.15) is 0 Å². The SMILES string of the molecule is CC(C)c1cccc(NC(=O)C[C@H]2C[C@@H]3CC[C@@H]2C3)c1. The molecule has 2 saturated carbocycles. The van der Waals surface area contributed by atoms with Gasteiger partial charge in [-0.15, -0.1) is 0 Å². The molecule has 2 fully saturated rings. The minimum absolute atomic E-state index is 0.198. The van der Waals surface area contributed by atoms with Gasteiger partial charge in [0.05, 0.1) is 0 Å². The van der Waals surface area contributed by atoms with Gasteiger partial charge in [0.25, 0.3) is 0 Å². The Morgan fingerprint density at radius 2 is 2.15 bits per heavy atom. The molecule has 0 unspecified atom stereocenters. The van der Waals surface area contributed by atoms with Gasteiger partial charge >= 0.3 is 0 Å². The highest BCUT2D eigenvalue weighted by Gasteiger charge is 2.40. The maximum absolute atomic E-state index is 12.2. The van der Waals surface area contributed by atoms with Crippen molar-refractivity contribution in [3.8, 4) is 0 Å². The third kappa shape index (κ3) is 2.89. The van der Waals surface area contributed by atoms with Crippen molar-refractivity contribution in [1.82, 2.24) is 0 Å². The number of benzene rings is 1. The van der Waals surface area contributed by atoms with Gasteiger partial charge in [0, 0.05) is 12.1 Å². The van der Waals surface area contributed by atoms with Crippen LogP contribution >= 0.6 is 0 Å². The third-order valence-electron chi connectivity index (χ3n) is 5.17. The molecule has 1 aromatic rings. The first kappa shape index (κ1) is 13.7. The predicted molar refractivity (Wildman–Crippen MR) is 82.7 cm³/mol. The summed E-state index contributed by atoms with van der Waals surface area (Å²) in [4.78, 5) is 12.2. The summed E-state index contributed by atoms with van der Waals surface area (Å²) in [5.74, 6) is 3.08. The van der Waals surface area contributed by atoms with E-state index in [2.05, 4.69) is 31.3 Å². The number of carbonyl (C=O) groups is 1. The number of nitrogens with one attached hydrogen (secondary N) is 1. The summed E-state index contributed by atoms with van der Waals surface area (Å²) < 4.78 is 0. The molecule has 1 N–H and O–H groups in total. The number of carbonyl (C=O) groups excluding carboxylic acids is 1. The molecule has 1 amide bonds. The van der Waals surface area contributed by atoms with E-state index in [1.807, 2.05) is 12.1 Å². The first-order valence-corrected chi connectivity index (χ1v) is 8.01. The highest BCUT2D eigenvalue weighted by atomic mass is 16.1. The van der Waals surface area contributed by atoms with E-state index < -0.39 is 0 Å². The van der Waals surface area contributed by atoms with Crippen LogP contribution in [0, 0.1) is 17.8 Å². The van der Waals surface area contributed by atoms with Crippen molar-refractivity contribution in [3.05, 3.63) is 29.8 Å². The molecule has 0 radical (unpaired) electrons. The first-order chi connectivity index (χ1) is 9.61. The molecule has 0 spiro atoms. The fourth-order valence-corrected chi connectivity index (χ4v) is 4.05. The lowest BCUT2D eigenvalue weighted by Gasteiger charge is -2.21. The first-order valence-electron chi connectivity index (χ1n) is 8.01. The smallest absolute Gasteiger partial charge is 0.224 e. The largest absolute Gasteiger partial charge is 0.326 e. The minimum atomic E-state index is 0.198. The zero-order valence-corrected chi connectivity index (χ0v) is 12.6. The fraction of sp³-hybridized carbons (Fsp3) is 0.611. The number of hydrogen-bond acceptors (Lipinski definition) is 1. The van der Waals surface area contributed by atoms with Crippen molar-refractivity contribution in [1.29, 1.82) is 0 Å². The Bertz CT molecular complexity index is 494. The lowest BCUT2D eigenvalue weighted by molar-refractivity contribution is -0.117. The summed E-state index contributed by atoms with van der Waals surface area (Å²) in [6.07, 6.45) is 6.13. The topological polar surface area (TPSA) is 29.1 Å². The summed E-state index contributed by atoms with van der Waals surface area (Å²) >= 11 is 0. The van der Waals surface area contributed by atoms with Gasteiger partial charge in [0.2, 0.25) is 5.91 Å². The molecule has 2 aliphatic rings. The molecular weight excluding hydrogens is 246 g/mol. The van der Waals surface area contributed by atoms with Crippen molar-refractivity contribution in [2.24, 2.45) is 17.8 Å². The zero-order valence-electron chi connectivity index (χ0n) is 12.6. The Morgan fingerprint density at radius 3 is 2.80 bits per heavy atom. The van der Waals surface area contributed by atoms with Crippen molar-refractivity contribution in [2.45, 2.75) is 51.9 Å². The molecule has 108 valence electrons. The number of anilines is 1. The Kier molecular flexibility index (Phi) is 3.82. The number of rotatable bonds is 4. The molecule has 2 heteroatoms. The van der Waals surface area contributed by atoms with Crippen molar-refractivity contribution in [2.75, 3.05) is 5.32 Å². The van der Waals surface area contributed by atoms with E-state index in [0.29, 0.717) is 18.3 Å². The van der Waals surface area contributed by atoms with Crippen LogP contribution in [0.5, 0.6) is 0 Å². The number of hydrogen-bond donors (Lipinski definition) is 1. The lowest BCUT2D eigenvalue weighted by atomic mass is 9.86. The van der Waals surface area contributed by atoms with Crippen LogP contribution in [0.2, 0.25) is 0 Å². The van der Waals surface area contributed by atoms with Crippen LogP contribution in [-0.2, 0) is 4.79 Å². The zero-order chi connectivity index (χ0) is 14.1. The monoisotopic (exact) mass is 271 g/mol. The molecule has 2 aliphatic carbocycles. The van der Waals surface area contributed by atoms with Crippen molar-refractivity contribution >= 4 is 11.6 Å². The second kappa shape index (κ2) is 5.59. The minimum Gasteiger partial charge on any atom is -0.326 e. The van der Waals surface area contributed by atoms with Gasteiger partial charge < -0.3 is 5.32 Å². The summed E-state index contributed by atoms with van der Waals surface area (Å²) in [6.45, 7) is 4.35. The third-order valence-corrected chi connectivity index (χ3v) is 5.17. The molecular formula is C18H25NO. The summed E-state index contributed by atoms with van der Waals surface area (Å²) in [5.41, 5.74) is 2.23. The molecule has 20 heavy (non-hydrogen) atoms. The maximum Gasteiger partial charge on any atom is 0.224 e. The second-order valence-corrected chi connectivity index (χ2v) is 6.97. The van der Waals surface area contributed by atoms with E-state index in [0.717, 1.165) is 17.5 Å². The predicted octanol–water partition coefficient (Wildman–Crippen LogP) is 4.57. The van der Waals surface area contributed by atoms with Crippen molar-refractivity contribution in [3.63, 3.8) is 0 Å². The molecule has 3 atom stereocenters. The lowest BCUT2D eigenvalue weighted by Crippen LogP contribution is -2.20.